The fourth-order valence-electron chi connectivity index (χ4n) is 3.56. The van der Waals surface area contributed by atoms with Gasteiger partial charge in [-0.3, -0.25) is 14.5 Å². The lowest BCUT2D eigenvalue weighted by Gasteiger charge is -2.25. The third-order valence-corrected chi connectivity index (χ3v) is 6.37. The third kappa shape index (κ3) is 4.50. The number of nitrogens with zero attached hydrogens (tertiary/aromatic N) is 1. The molecule has 1 heterocycles. The maximum Gasteiger partial charge on any atom is 0.416 e. The van der Waals surface area contributed by atoms with Crippen LogP contribution >= 0.6 is 11.8 Å². The number of hydrogen-bond acceptors (Lipinski definition) is 3. The van der Waals surface area contributed by atoms with Crippen LogP contribution in [0.1, 0.15) is 32.4 Å². The summed E-state index contributed by atoms with van der Waals surface area (Å²) >= 11 is 1.38. The fraction of sp³-hybridized carbons (Fsp3) is 0.167. The fourth-order valence-corrected chi connectivity index (χ4v) is 4.72. The van der Waals surface area contributed by atoms with Gasteiger partial charge in [0.25, 0.3) is 5.91 Å². The molecule has 0 aliphatic carbocycles. The van der Waals surface area contributed by atoms with Crippen molar-refractivity contribution in [3.8, 4) is 0 Å². The molecule has 164 valence electrons. The molecule has 2 amide bonds. The lowest BCUT2D eigenvalue weighted by molar-refractivity contribution is -0.137. The second kappa shape index (κ2) is 8.70. The summed E-state index contributed by atoms with van der Waals surface area (Å²) in [5, 5.41) is 2.47. The Morgan fingerprint density at radius 1 is 1.03 bits per heavy atom. The maximum absolute atomic E-state index is 12.9. The van der Waals surface area contributed by atoms with Crippen molar-refractivity contribution in [2.24, 2.45) is 0 Å². The van der Waals surface area contributed by atoms with Gasteiger partial charge in [-0.2, -0.15) is 13.2 Å². The molecule has 1 N–H and O–H groups in total. The Hall–Kier alpha value is -3.26. The van der Waals surface area contributed by atoms with Crippen molar-refractivity contribution in [3.63, 3.8) is 0 Å². The summed E-state index contributed by atoms with van der Waals surface area (Å²) in [5.41, 5.74) is 2.39. The molecule has 1 aliphatic heterocycles. The molecule has 1 fully saturated rings. The van der Waals surface area contributed by atoms with Gasteiger partial charge in [0.15, 0.2) is 0 Å². The lowest BCUT2D eigenvalue weighted by atomic mass is 10.1. The molecule has 8 heteroatoms. The van der Waals surface area contributed by atoms with E-state index in [0.29, 0.717) is 16.9 Å². The summed E-state index contributed by atoms with van der Waals surface area (Å²) in [5.74, 6) is -0.213. The molecule has 0 spiro atoms. The molecular formula is C24H19F3N2O2S. The molecule has 0 radical (unpaired) electrons. The number of alkyl halides is 3. The zero-order chi connectivity index (χ0) is 22.9. The molecule has 0 unspecified atom stereocenters. The standard InChI is InChI=1S/C24H19F3N2O2S/c1-15-5-2-3-8-20(15)22(31)28-18-7-4-6-16(13-18)23-29(21(30)14-32-23)19-11-9-17(10-12-19)24(25,26)27/h2-13,23H,14H2,1H3,(H,28,31)/t23-/m0/s1. The van der Waals surface area contributed by atoms with Crippen LogP contribution < -0.4 is 10.2 Å². The molecule has 3 aromatic rings. The molecule has 4 rings (SSSR count). The Balaban J connectivity index is 1.58. The number of thioether (sulfide) groups is 1. The zero-order valence-corrected chi connectivity index (χ0v) is 17.8. The molecule has 1 atom stereocenters. The summed E-state index contributed by atoms with van der Waals surface area (Å²) in [6, 6.07) is 19.0. The highest BCUT2D eigenvalue weighted by atomic mass is 32.2. The highest BCUT2D eigenvalue weighted by Crippen LogP contribution is 2.43. The lowest BCUT2D eigenvalue weighted by Crippen LogP contribution is -2.28. The number of benzene rings is 3. The predicted octanol–water partition coefficient (Wildman–Crippen LogP) is 6.04. The van der Waals surface area contributed by atoms with Gasteiger partial charge < -0.3 is 5.32 Å². The largest absolute Gasteiger partial charge is 0.416 e. The molecular weight excluding hydrogens is 437 g/mol. The summed E-state index contributed by atoms with van der Waals surface area (Å²) < 4.78 is 38.7. The van der Waals surface area contributed by atoms with E-state index in [4.69, 9.17) is 0 Å². The molecule has 0 saturated carbocycles. The van der Waals surface area contributed by atoms with Crippen LogP contribution in [0.4, 0.5) is 24.5 Å². The van der Waals surface area contributed by atoms with Crippen LogP contribution in [-0.4, -0.2) is 17.6 Å². The zero-order valence-electron chi connectivity index (χ0n) is 17.0. The number of carbonyl (C=O) groups excluding carboxylic acids is 2. The Morgan fingerprint density at radius 2 is 1.75 bits per heavy atom. The van der Waals surface area contributed by atoms with Crippen LogP contribution in [0.25, 0.3) is 0 Å². The number of nitrogens with one attached hydrogen (secondary N) is 1. The van der Waals surface area contributed by atoms with E-state index in [1.807, 2.05) is 25.1 Å². The molecule has 1 saturated heterocycles. The summed E-state index contributed by atoms with van der Waals surface area (Å²) in [4.78, 5) is 26.7. The Morgan fingerprint density at radius 3 is 2.44 bits per heavy atom. The van der Waals surface area contributed by atoms with Crippen LogP contribution in [-0.2, 0) is 11.0 Å². The number of halogens is 3. The van der Waals surface area contributed by atoms with Gasteiger partial charge in [0.05, 0.1) is 11.3 Å². The molecule has 3 aromatic carbocycles. The van der Waals surface area contributed by atoms with Crippen molar-refractivity contribution in [2.45, 2.75) is 18.5 Å². The molecule has 4 nitrogen and oxygen atoms in total. The van der Waals surface area contributed by atoms with Crippen LogP contribution in [0.3, 0.4) is 0 Å². The van der Waals surface area contributed by atoms with Gasteiger partial charge in [-0.05, 0) is 60.5 Å². The maximum atomic E-state index is 12.9. The highest BCUT2D eigenvalue weighted by Gasteiger charge is 2.35. The smallest absolute Gasteiger partial charge is 0.322 e. The Labute approximate surface area is 187 Å². The van der Waals surface area contributed by atoms with Crippen molar-refractivity contribution < 1.29 is 22.8 Å². The third-order valence-electron chi connectivity index (χ3n) is 5.16. The number of aryl methyl sites for hydroxylation is 1. The average Bonchev–Trinajstić information content (AvgIpc) is 3.15. The molecule has 0 bridgehead atoms. The predicted molar refractivity (Wildman–Crippen MR) is 120 cm³/mol. The van der Waals surface area contributed by atoms with Gasteiger partial charge >= 0.3 is 6.18 Å². The van der Waals surface area contributed by atoms with E-state index in [-0.39, 0.29) is 17.6 Å². The first-order valence-electron chi connectivity index (χ1n) is 9.82. The first-order chi connectivity index (χ1) is 15.2. The Kier molecular flexibility index (Phi) is 5.97. The molecule has 32 heavy (non-hydrogen) atoms. The molecule has 1 aliphatic rings. The van der Waals surface area contributed by atoms with E-state index >= 15 is 0 Å². The highest BCUT2D eigenvalue weighted by molar-refractivity contribution is 8.00. The Bertz CT molecular complexity index is 1160. The van der Waals surface area contributed by atoms with Crippen LogP contribution in [0.5, 0.6) is 0 Å². The number of carbonyl (C=O) groups is 2. The minimum absolute atomic E-state index is 0.186. The van der Waals surface area contributed by atoms with Crippen LogP contribution in [0.2, 0.25) is 0 Å². The van der Waals surface area contributed by atoms with Crippen molar-refractivity contribution >= 4 is 35.0 Å². The summed E-state index contributed by atoms with van der Waals surface area (Å²) in [7, 11) is 0. The second-order valence-corrected chi connectivity index (χ2v) is 8.43. The van der Waals surface area contributed by atoms with Gasteiger partial charge in [0.2, 0.25) is 5.91 Å². The number of amides is 2. The number of hydrogen-bond donors (Lipinski definition) is 1. The normalized spacial score (nSPS) is 16.3. The van der Waals surface area contributed by atoms with Gasteiger partial charge in [0, 0.05) is 16.9 Å². The first kappa shape index (κ1) is 22.0. The second-order valence-electron chi connectivity index (χ2n) is 7.37. The van der Waals surface area contributed by atoms with Gasteiger partial charge in [-0.25, -0.2) is 0 Å². The quantitative estimate of drug-likeness (QED) is 0.520. The topological polar surface area (TPSA) is 49.4 Å². The van der Waals surface area contributed by atoms with E-state index in [1.54, 1.807) is 30.3 Å². The minimum Gasteiger partial charge on any atom is -0.322 e. The van der Waals surface area contributed by atoms with Crippen LogP contribution in [0.15, 0.2) is 72.8 Å². The first-order valence-corrected chi connectivity index (χ1v) is 10.9. The van der Waals surface area contributed by atoms with Crippen molar-refractivity contribution in [1.29, 1.82) is 0 Å². The van der Waals surface area contributed by atoms with E-state index in [1.165, 1.54) is 28.8 Å². The van der Waals surface area contributed by atoms with Crippen molar-refractivity contribution in [3.05, 3.63) is 95.1 Å². The van der Waals surface area contributed by atoms with E-state index in [0.717, 1.165) is 23.3 Å². The van der Waals surface area contributed by atoms with E-state index in [2.05, 4.69) is 5.32 Å². The monoisotopic (exact) mass is 456 g/mol. The molecule has 0 aromatic heterocycles. The SMILES string of the molecule is Cc1ccccc1C(=O)Nc1cccc([C@@H]2SCC(=O)N2c2ccc(C(F)(F)F)cc2)c1. The minimum atomic E-state index is -4.44. The average molecular weight is 456 g/mol. The van der Waals surface area contributed by atoms with Gasteiger partial charge in [-0.15, -0.1) is 11.8 Å². The van der Waals surface area contributed by atoms with E-state index in [9.17, 15) is 22.8 Å². The number of anilines is 2. The van der Waals surface area contributed by atoms with Gasteiger partial charge in [0.1, 0.15) is 5.37 Å². The van der Waals surface area contributed by atoms with Crippen molar-refractivity contribution in [1.82, 2.24) is 0 Å². The number of rotatable bonds is 4. The van der Waals surface area contributed by atoms with Crippen LogP contribution in [0, 0.1) is 6.92 Å². The summed E-state index contributed by atoms with van der Waals surface area (Å²) in [6.45, 7) is 1.86. The van der Waals surface area contributed by atoms with E-state index < -0.39 is 17.1 Å². The summed E-state index contributed by atoms with van der Waals surface area (Å²) in [6.07, 6.45) is -4.44. The van der Waals surface area contributed by atoms with Gasteiger partial charge in [-0.1, -0.05) is 30.3 Å². The van der Waals surface area contributed by atoms with Crippen molar-refractivity contribution in [2.75, 3.05) is 16.0 Å².